The second kappa shape index (κ2) is 4.90. The van der Waals surface area contributed by atoms with Crippen LogP contribution in [0, 0.1) is 11.3 Å². The average molecular weight is 334 g/mol. The van der Waals surface area contributed by atoms with Crippen LogP contribution in [-0.4, -0.2) is 32.3 Å². The van der Waals surface area contributed by atoms with E-state index >= 15 is 0 Å². The van der Waals surface area contributed by atoms with E-state index < -0.39 is 5.41 Å². The van der Waals surface area contributed by atoms with Gasteiger partial charge in [0.25, 0.3) is 0 Å². The topological polar surface area (TPSA) is 71.8 Å². The molecule has 1 spiro atoms. The Bertz CT molecular complexity index is 949. The van der Waals surface area contributed by atoms with Crippen molar-refractivity contribution in [2.45, 2.75) is 5.41 Å². The van der Waals surface area contributed by atoms with E-state index in [1.54, 1.807) is 6.07 Å². The van der Waals surface area contributed by atoms with Crippen molar-refractivity contribution in [2.75, 3.05) is 31.3 Å². The van der Waals surface area contributed by atoms with Crippen molar-refractivity contribution in [3.8, 4) is 23.3 Å². The Kier molecular flexibility index (Phi) is 2.78. The number of para-hydroxylation sites is 1. The Morgan fingerprint density at radius 3 is 2.60 bits per heavy atom. The molecule has 6 heteroatoms. The van der Waals surface area contributed by atoms with Gasteiger partial charge in [0.05, 0.1) is 6.07 Å². The third-order valence-electron chi connectivity index (χ3n) is 5.04. The van der Waals surface area contributed by atoms with Crippen molar-refractivity contribution in [3.63, 3.8) is 0 Å². The summed E-state index contributed by atoms with van der Waals surface area (Å²) in [6, 6.07) is 13.3. The maximum Gasteiger partial charge on any atom is 0.246 e. The Labute approximate surface area is 144 Å². The van der Waals surface area contributed by atoms with E-state index in [9.17, 15) is 4.79 Å². The number of nitrogens with zero attached hydrogens (tertiary/aromatic N) is 2. The number of carbonyl (C=O) groups is 1. The molecule has 25 heavy (non-hydrogen) atoms. The van der Waals surface area contributed by atoms with Gasteiger partial charge in [-0.05, 0) is 17.7 Å². The van der Waals surface area contributed by atoms with Gasteiger partial charge in [-0.1, -0.05) is 18.2 Å². The van der Waals surface area contributed by atoms with Crippen LogP contribution < -0.4 is 19.1 Å². The molecule has 0 saturated heterocycles. The molecule has 1 amide bonds. The van der Waals surface area contributed by atoms with E-state index in [1.165, 1.54) is 4.90 Å². The van der Waals surface area contributed by atoms with Crippen LogP contribution in [0.3, 0.4) is 0 Å². The van der Waals surface area contributed by atoms with E-state index in [4.69, 9.17) is 19.5 Å². The number of fused-ring (bicyclic) bond motifs is 5. The number of benzene rings is 2. The molecule has 2 aromatic rings. The number of anilines is 1. The minimum absolute atomic E-state index is 0.0114. The molecule has 1 atom stereocenters. The molecule has 3 aliphatic rings. The van der Waals surface area contributed by atoms with Gasteiger partial charge in [-0.25, -0.2) is 0 Å². The Morgan fingerprint density at radius 2 is 1.80 bits per heavy atom. The average Bonchev–Trinajstić information content (AvgIpc) is 3.13. The quantitative estimate of drug-likeness (QED) is 0.746. The first kappa shape index (κ1) is 14.2. The van der Waals surface area contributed by atoms with Crippen molar-refractivity contribution < 1.29 is 19.0 Å². The van der Waals surface area contributed by atoms with Gasteiger partial charge in [0, 0.05) is 17.3 Å². The Hall–Kier alpha value is -3.20. The van der Waals surface area contributed by atoms with Crippen LogP contribution in [0.2, 0.25) is 0 Å². The molecule has 5 rings (SSSR count). The standard InChI is InChI=1S/C19H14N2O4/c20-5-6-21-14-4-2-1-3-12(14)19(18(21)22)11-25-15-10-17-16(9-13(15)19)23-7-8-24-17/h1-4,9-10H,6-8,11H2. The summed E-state index contributed by atoms with van der Waals surface area (Å²) in [6.07, 6.45) is 0. The first-order valence-electron chi connectivity index (χ1n) is 8.11. The van der Waals surface area contributed by atoms with Crippen LogP contribution in [0.4, 0.5) is 5.69 Å². The van der Waals surface area contributed by atoms with Gasteiger partial charge in [-0.15, -0.1) is 0 Å². The van der Waals surface area contributed by atoms with Crippen molar-refractivity contribution >= 4 is 11.6 Å². The zero-order chi connectivity index (χ0) is 17.0. The SMILES string of the molecule is N#CCN1C(=O)C2(COc3cc4c(cc32)OCCO4)c2ccccc21. The van der Waals surface area contributed by atoms with Gasteiger partial charge in [-0.2, -0.15) is 5.26 Å². The minimum Gasteiger partial charge on any atom is -0.491 e. The highest BCUT2D eigenvalue weighted by Crippen LogP contribution is 2.54. The molecular weight excluding hydrogens is 320 g/mol. The summed E-state index contributed by atoms with van der Waals surface area (Å²) in [5, 5.41) is 9.14. The molecule has 3 heterocycles. The van der Waals surface area contributed by atoms with Crippen molar-refractivity contribution in [1.29, 1.82) is 5.26 Å². The summed E-state index contributed by atoms with van der Waals surface area (Å²) >= 11 is 0. The lowest BCUT2D eigenvalue weighted by Crippen LogP contribution is -2.42. The summed E-state index contributed by atoms with van der Waals surface area (Å²) in [4.78, 5) is 14.9. The van der Waals surface area contributed by atoms with Gasteiger partial charge in [-0.3, -0.25) is 9.69 Å². The molecule has 0 saturated carbocycles. The molecule has 0 N–H and O–H groups in total. The first-order valence-corrected chi connectivity index (χ1v) is 8.11. The highest BCUT2D eigenvalue weighted by molar-refractivity contribution is 6.11. The number of hydrogen-bond donors (Lipinski definition) is 0. The van der Waals surface area contributed by atoms with E-state index in [1.807, 2.05) is 30.3 Å². The van der Waals surface area contributed by atoms with Crippen LogP contribution in [-0.2, 0) is 10.2 Å². The largest absolute Gasteiger partial charge is 0.491 e. The predicted molar refractivity (Wildman–Crippen MR) is 88.1 cm³/mol. The van der Waals surface area contributed by atoms with Gasteiger partial charge in [0.15, 0.2) is 11.5 Å². The molecule has 124 valence electrons. The lowest BCUT2D eigenvalue weighted by atomic mass is 9.77. The summed E-state index contributed by atoms with van der Waals surface area (Å²) in [6.45, 7) is 1.19. The fourth-order valence-electron chi connectivity index (χ4n) is 3.94. The molecule has 3 aliphatic heterocycles. The summed E-state index contributed by atoms with van der Waals surface area (Å²) in [5.74, 6) is 1.76. The lowest BCUT2D eigenvalue weighted by molar-refractivity contribution is -0.122. The molecular formula is C19H14N2O4. The zero-order valence-electron chi connectivity index (χ0n) is 13.3. The number of rotatable bonds is 1. The molecule has 0 aromatic heterocycles. The normalized spacial score (nSPS) is 22.4. The summed E-state index contributed by atoms with van der Waals surface area (Å²) in [5.41, 5.74) is 1.47. The Morgan fingerprint density at radius 1 is 1.04 bits per heavy atom. The van der Waals surface area contributed by atoms with Crippen LogP contribution in [0.5, 0.6) is 17.2 Å². The van der Waals surface area contributed by atoms with E-state index in [0.29, 0.717) is 30.5 Å². The second-order valence-electron chi connectivity index (χ2n) is 6.25. The van der Waals surface area contributed by atoms with Gasteiger partial charge < -0.3 is 14.2 Å². The monoisotopic (exact) mass is 334 g/mol. The first-order chi connectivity index (χ1) is 12.3. The van der Waals surface area contributed by atoms with Gasteiger partial charge in [0.1, 0.15) is 37.5 Å². The van der Waals surface area contributed by atoms with Crippen molar-refractivity contribution in [2.24, 2.45) is 0 Å². The molecule has 0 fully saturated rings. The van der Waals surface area contributed by atoms with Crippen LogP contribution in [0.25, 0.3) is 0 Å². The number of nitriles is 1. The molecule has 0 bridgehead atoms. The lowest BCUT2D eigenvalue weighted by Gasteiger charge is -2.24. The third kappa shape index (κ3) is 1.70. The molecule has 1 unspecified atom stereocenters. The predicted octanol–water partition coefficient (Wildman–Crippen LogP) is 2.01. The van der Waals surface area contributed by atoms with E-state index in [-0.39, 0.29) is 19.1 Å². The third-order valence-corrected chi connectivity index (χ3v) is 5.04. The molecule has 0 aliphatic carbocycles. The number of hydrogen-bond acceptors (Lipinski definition) is 5. The zero-order valence-corrected chi connectivity index (χ0v) is 13.3. The van der Waals surface area contributed by atoms with E-state index in [2.05, 4.69) is 6.07 Å². The Balaban J connectivity index is 1.74. The van der Waals surface area contributed by atoms with Crippen LogP contribution in [0.1, 0.15) is 11.1 Å². The highest BCUT2D eigenvalue weighted by Gasteiger charge is 2.57. The smallest absolute Gasteiger partial charge is 0.246 e. The fraction of sp³-hybridized carbons (Fsp3) is 0.263. The number of carbonyl (C=O) groups excluding carboxylic acids is 1. The summed E-state index contributed by atoms with van der Waals surface area (Å²) < 4.78 is 17.2. The number of ether oxygens (including phenoxy) is 3. The fourth-order valence-corrected chi connectivity index (χ4v) is 3.94. The van der Waals surface area contributed by atoms with E-state index in [0.717, 1.165) is 16.8 Å². The van der Waals surface area contributed by atoms with Crippen LogP contribution in [0.15, 0.2) is 36.4 Å². The minimum atomic E-state index is -0.932. The number of amides is 1. The highest BCUT2D eigenvalue weighted by atomic mass is 16.6. The van der Waals surface area contributed by atoms with Crippen LogP contribution >= 0.6 is 0 Å². The van der Waals surface area contributed by atoms with Gasteiger partial charge in [0.2, 0.25) is 5.91 Å². The molecule has 0 radical (unpaired) electrons. The van der Waals surface area contributed by atoms with Crippen molar-refractivity contribution in [1.82, 2.24) is 0 Å². The maximum absolute atomic E-state index is 13.3. The molecule has 2 aromatic carbocycles. The van der Waals surface area contributed by atoms with Gasteiger partial charge >= 0.3 is 0 Å². The summed E-state index contributed by atoms with van der Waals surface area (Å²) in [7, 11) is 0. The van der Waals surface area contributed by atoms with Crippen molar-refractivity contribution in [3.05, 3.63) is 47.5 Å². The maximum atomic E-state index is 13.3. The molecule has 6 nitrogen and oxygen atoms in total. The second-order valence-corrected chi connectivity index (χ2v) is 6.25.